The van der Waals surface area contributed by atoms with Crippen LogP contribution < -0.4 is 0 Å². The number of nitrogens with zero attached hydrogens (tertiary/aromatic N) is 1. The first-order chi connectivity index (χ1) is 6.26. The second kappa shape index (κ2) is 4.75. The zero-order valence-electron chi connectivity index (χ0n) is 8.21. The summed E-state index contributed by atoms with van der Waals surface area (Å²) in [6.45, 7) is 3.97. The fraction of sp³-hybridized carbons (Fsp3) is 0.455. The molecular formula is C11H15NO. The summed E-state index contributed by atoms with van der Waals surface area (Å²) < 4.78 is 0. The number of aryl methyl sites for hydroxylation is 1. The molecular weight excluding hydrogens is 162 g/mol. The molecule has 2 heteroatoms. The summed E-state index contributed by atoms with van der Waals surface area (Å²) in [6.07, 6.45) is 3.91. The van der Waals surface area contributed by atoms with Crippen molar-refractivity contribution in [1.82, 2.24) is 4.98 Å². The minimum atomic E-state index is 0.247. The molecule has 1 heterocycles. The minimum Gasteiger partial charge on any atom is -0.299 e. The summed E-state index contributed by atoms with van der Waals surface area (Å²) in [5, 5.41) is 0. The van der Waals surface area contributed by atoms with Crippen molar-refractivity contribution in [1.29, 1.82) is 0 Å². The van der Waals surface area contributed by atoms with Crippen molar-refractivity contribution in [2.45, 2.75) is 33.1 Å². The van der Waals surface area contributed by atoms with Crippen LogP contribution in [0.15, 0.2) is 18.3 Å². The number of hydrogen-bond acceptors (Lipinski definition) is 2. The van der Waals surface area contributed by atoms with Gasteiger partial charge in [0.05, 0.1) is 0 Å². The van der Waals surface area contributed by atoms with E-state index in [-0.39, 0.29) is 5.78 Å². The van der Waals surface area contributed by atoms with E-state index in [2.05, 4.69) is 11.9 Å². The predicted octanol–water partition coefficient (Wildman–Crippen LogP) is 2.17. The van der Waals surface area contributed by atoms with Crippen LogP contribution in [-0.2, 0) is 17.6 Å². The molecule has 0 fully saturated rings. The highest BCUT2D eigenvalue weighted by molar-refractivity contribution is 5.80. The molecule has 2 nitrogen and oxygen atoms in total. The molecule has 0 saturated carbocycles. The van der Waals surface area contributed by atoms with E-state index in [0.29, 0.717) is 12.8 Å². The van der Waals surface area contributed by atoms with Crippen molar-refractivity contribution in [2.24, 2.45) is 0 Å². The van der Waals surface area contributed by atoms with Crippen LogP contribution in [0, 0.1) is 0 Å². The van der Waals surface area contributed by atoms with Crippen molar-refractivity contribution < 1.29 is 4.79 Å². The summed E-state index contributed by atoms with van der Waals surface area (Å²) in [5.74, 6) is 0.247. The Hall–Kier alpha value is -1.18. The molecule has 0 aliphatic carbocycles. The minimum absolute atomic E-state index is 0.247. The zero-order valence-corrected chi connectivity index (χ0v) is 8.21. The van der Waals surface area contributed by atoms with Gasteiger partial charge in [-0.2, -0.15) is 0 Å². The lowest BCUT2D eigenvalue weighted by Crippen LogP contribution is -2.02. The molecule has 0 radical (unpaired) electrons. The first-order valence-electron chi connectivity index (χ1n) is 4.71. The van der Waals surface area contributed by atoms with E-state index in [1.54, 1.807) is 0 Å². The molecule has 0 spiro atoms. The van der Waals surface area contributed by atoms with Crippen LogP contribution in [0.4, 0.5) is 0 Å². The van der Waals surface area contributed by atoms with E-state index in [1.807, 2.05) is 25.3 Å². The zero-order chi connectivity index (χ0) is 9.68. The Morgan fingerprint density at radius 3 is 2.62 bits per heavy atom. The second-order valence-corrected chi connectivity index (χ2v) is 3.08. The Labute approximate surface area is 79.0 Å². The summed E-state index contributed by atoms with van der Waals surface area (Å²) in [5.41, 5.74) is 2.09. The fourth-order valence-corrected chi connectivity index (χ4v) is 1.10. The summed E-state index contributed by atoms with van der Waals surface area (Å²) in [7, 11) is 0. The van der Waals surface area contributed by atoms with Crippen LogP contribution >= 0.6 is 0 Å². The monoisotopic (exact) mass is 177 g/mol. The largest absolute Gasteiger partial charge is 0.299 e. The molecule has 70 valence electrons. The van der Waals surface area contributed by atoms with Gasteiger partial charge in [-0.25, -0.2) is 0 Å². The van der Waals surface area contributed by atoms with Gasteiger partial charge in [-0.15, -0.1) is 0 Å². The topological polar surface area (TPSA) is 30.0 Å². The summed E-state index contributed by atoms with van der Waals surface area (Å²) >= 11 is 0. The summed E-state index contributed by atoms with van der Waals surface area (Å²) in [4.78, 5) is 15.3. The second-order valence-electron chi connectivity index (χ2n) is 3.08. The van der Waals surface area contributed by atoms with Gasteiger partial charge in [-0.05, 0) is 18.1 Å². The molecule has 1 rings (SSSR count). The number of aromatic nitrogens is 1. The van der Waals surface area contributed by atoms with E-state index < -0.39 is 0 Å². The van der Waals surface area contributed by atoms with Crippen LogP contribution in [0.2, 0.25) is 0 Å². The van der Waals surface area contributed by atoms with Crippen molar-refractivity contribution >= 4 is 5.78 Å². The highest BCUT2D eigenvalue weighted by atomic mass is 16.1. The van der Waals surface area contributed by atoms with Crippen LogP contribution in [0.3, 0.4) is 0 Å². The Kier molecular flexibility index (Phi) is 3.62. The molecule has 0 amide bonds. The molecule has 0 aromatic carbocycles. The number of pyridine rings is 1. The normalized spacial score (nSPS) is 10.0. The third-order valence-corrected chi connectivity index (χ3v) is 2.07. The number of carbonyl (C=O) groups excluding carboxylic acids is 1. The standard InChI is InChI=1S/C11H15NO/c1-3-9-5-6-10(12-8-9)7-11(13)4-2/h5-6,8H,3-4,7H2,1-2H3. The van der Waals surface area contributed by atoms with Crippen LogP contribution in [0.5, 0.6) is 0 Å². The maximum Gasteiger partial charge on any atom is 0.138 e. The molecule has 0 N–H and O–H groups in total. The number of rotatable bonds is 4. The average molecular weight is 177 g/mol. The lowest BCUT2D eigenvalue weighted by atomic mass is 10.1. The SMILES string of the molecule is CCC(=O)Cc1ccc(CC)cn1. The van der Waals surface area contributed by atoms with Gasteiger partial charge in [-0.1, -0.05) is 19.9 Å². The first kappa shape index (κ1) is 9.90. The molecule has 0 aliphatic rings. The van der Waals surface area contributed by atoms with E-state index in [1.165, 1.54) is 5.56 Å². The van der Waals surface area contributed by atoms with Crippen LogP contribution in [0.1, 0.15) is 31.5 Å². The van der Waals surface area contributed by atoms with Crippen LogP contribution in [0.25, 0.3) is 0 Å². The molecule has 0 aliphatic heterocycles. The van der Waals surface area contributed by atoms with Gasteiger partial charge in [0, 0.05) is 24.7 Å². The van der Waals surface area contributed by atoms with Crippen LogP contribution in [-0.4, -0.2) is 10.8 Å². The third kappa shape index (κ3) is 2.98. The number of carbonyl (C=O) groups is 1. The Morgan fingerprint density at radius 2 is 2.15 bits per heavy atom. The molecule has 1 aromatic heterocycles. The molecule has 0 bridgehead atoms. The van der Waals surface area contributed by atoms with Gasteiger partial charge in [0.2, 0.25) is 0 Å². The highest BCUT2D eigenvalue weighted by Crippen LogP contribution is 2.02. The van der Waals surface area contributed by atoms with Crippen molar-refractivity contribution in [2.75, 3.05) is 0 Å². The molecule has 0 unspecified atom stereocenters. The van der Waals surface area contributed by atoms with Crippen molar-refractivity contribution in [3.8, 4) is 0 Å². The van der Waals surface area contributed by atoms with Gasteiger partial charge in [0.1, 0.15) is 5.78 Å². The highest BCUT2D eigenvalue weighted by Gasteiger charge is 2.01. The van der Waals surface area contributed by atoms with Gasteiger partial charge in [0.15, 0.2) is 0 Å². The van der Waals surface area contributed by atoms with Crippen molar-refractivity contribution in [3.05, 3.63) is 29.6 Å². The fourth-order valence-electron chi connectivity index (χ4n) is 1.10. The van der Waals surface area contributed by atoms with E-state index in [0.717, 1.165) is 12.1 Å². The molecule has 1 aromatic rings. The third-order valence-electron chi connectivity index (χ3n) is 2.07. The lowest BCUT2D eigenvalue weighted by Gasteiger charge is -1.99. The quantitative estimate of drug-likeness (QED) is 0.705. The summed E-state index contributed by atoms with van der Waals surface area (Å²) in [6, 6.07) is 3.97. The Bertz CT molecular complexity index is 277. The van der Waals surface area contributed by atoms with Gasteiger partial charge in [0.25, 0.3) is 0 Å². The smallest absolute Gasteiger partial charge is 0.138 e. The van der Waals surface area contributed by atoms with Gasteiger partial charge >= 0.3 is 0 Å². The Balaban J connectivity index is 2.64. The number of hydrogen-bond donors (Lipinski definition) is 0. The molecule has 0 saturated heterocycles. The van der Waals surface area contributed by atoms with E-state index in [9.17, 15) is 4.79 Å². The predicted molar refractivity (Wildman–Crippen MR) is 52.6 cm³/mol. The average Bonchev–Trinajstić information content (AvgIpc) is 2.19. The van der Waals surface area contributed by atoms with E-state index in [4.69, 9.17) is 0 Å². The van der Waals surface area contributed by atoms with E-state index >= 15 is 0 Å². The number of Topliss-reactive ketones (excluding diaryl/α,β-unsaturated/α-hetero) is 1. The number of ketones is 1. The lowest BCUT2D eigenvalue weighted by molar-refractivity contribution is -0.118. The maximum atomic E-state index is 11.1. The molecule has 0 atom stereocenters. The van der Waals surface area contributed by atoms with Crippen molar-refractivity contribution in [3.63, 3.8) is 0 Å². The Morgan fingerprint density at radius 1 is 1.38 bits per heavy atom. The van der Waals surface area contributed by atoms with Gasteiger partial charge < -0.3 is 0 Å². The first-order valence-corrected chi connectivity index (χ1v) is 4.71. The molecule has 13 heavy (non-hydrogen) atoms. The maximum absolute atomic E-state index is 11.1. The van der Waals surface area contributed by atoms with Gasteiger partial charge in [-0.3, -0.25) is 9.78 Å².